The summed E-state index contributed by atoms with van der Waals surface area (Å²) >= 11 is 0. The SMILES string of the molecule is COc1ccc([C@H]2C[C@H](C(F)(F)F)n3nc(C(=O)N4CCN(C56CC7CC(CC(C7)C5)C6)CC4)cc3N2)cc1OC. The molecule has 0 spiro atoms. The number of carbonyl (C=O) groups excluding carboxylic acids is 1. The molecule has 11 heteroatoms. The first kappa shape index (κ1) is 26.9. The van der Waals surface area contributed by atoms with Gasteiger partial charge in [0.1, 0.15) is 5.82 Å². The first-order valence-corrected chi connectivity index (χ1v) is 14.8. The zero-order valence-electron chi connectivity index (χ0n) is 23.6. The topological polar surface area (TPSA) is 71.9 Å². The molecule has 1 aromatic heterocycles. The van der Waals surface area contributed by atoms with Crippen molar-refractivity contribution in [3.63, 3.8) is 0 Å². The highest BCUT2D eigenvalue weighted by Gasteiger charge is 2.54. The van der Waals surface area contributed by atoms with Gasteiger partial charge in [0.25, 0.3) is 5.91 Å². The van der Waals surface area contributed by atoms with E-state index >= 15 is 0 Å². The maximum absolute atomic E-state index is 14.3. The summed E-state index contributed by atoms with van der Waals surface area (Å²) in [4.78, 5) is 17.9. The summed E-state index contributed by atoms with van der Waals surface area (Å²) in [6, 6.07) is 4.07. The van der Waals surface area contributed by atoms with Gasteiger partial charge in [0.15, 0.2) is 23.2 Å². The Morgan fingerprint density at radius 1 is 0.927 bits per heavy atom. The van der Waals surface area contributed by atoms with E-state index in [9.17, 15) is 18.0 Å². The molecule has 2 aliphatic heterocycles. The average Bonchev–Trinajstić information content (AvgIpc) is 3.39. The Morgan fingerprint density at radius 2 is 1.56 bits per heavy atom. The highest BCUT2D eigenvalue weighted by atomic mass is 19.4. The number of rotatable bonds is 5. The number of benzene rings is 1. The number of aromatic nitrogens is 2. The summed E-state index contributed by atoms with van der Waals surface area (Å²) < 4.78 is 54.4. The smallest absolute Gasteiger partial charge is 0.410 e. The minimum absolute atomic E-state index is 0.0537. The first-order valence-electron chi connectivity index (χ1n) is 14.8. The molecule has 8 rings (SSSR count). The number of nitrogens with one attached hydrogen (secondary N) is 1. The van der Waals surface area contributed by atoms with Crippen molar-refractivity contribution in [1.82, 2.24) is 19.6 Å². The van der Waals surface area contributed by atoms with E-state index in [1.54, 1.807) is 23.1 Å². The normalized spacial score (nSPS) is 32.9. The van der Waals surface area contributed by atoms with Crippen LogP contribution in [0.3, 0.4) is 0 Å². The lowest BCUT2D eigenvalue weighted by Crippen LogP contribution is -2.64. The van der Waals surface area contributed by atoms with Gasteiger partial charge in [0.2, 0.25) is 0 Å². The largest absolute Gasteiger partial charge is 0.493 e. The number of amides is 1. The molecule has 2 aromatic rings. The molecule has 5 fully saturated rings. The van der Waals surface area contributed by atoms with Gasteiger partial charge in [-0.15, -0.1) is 0 Å². The Kier molecular flexibility index (Phi) is 6.44. The van der Waals surface area contributed by atoms with Gasteiger partial charge in [0, 0.05) is 44.2 Å². The summed E-state index contributed by atoms with van der Waals surface area (Å²) in [5.74, 6) is 3.40. The molecule has 1 saturated heterocycles. The van der Waals surface area contributed by atoms with Gasteiger partial charge in [-0.05, 0) is 74.0 Å². The minimum Gasteiger partial charge on any atom is -0.493 e. The van der Waals surface area contributed by atoms with E-state index in [1.807, 2.05) is 0 Å². The molecule has 1 N–H and O–H groups in total. The van der Waals surface area contributed by atoms with Crippen LogP contribution in [0.5, 0.6) is 11.5 Å². The molecule has 41 heavy (non-hydrogen) atoms. The van der Waals surface area contributed by atoms with Gasteiger partial charge in [-0.1, -0.05) is 6.07 Å². The van der Waals surface area contributed by atoms with Crippen LogP contribution in [-0.4, -0.2) is 77.6 Å². The number of methoxy groups -OCH3 is 2. The molecular formula is C30H38F3N5O3. The zero-order chi connectivity index (χ0) is 28.5. The molecule has 6 aliphatic rings. The molecule has 4 saturated carbocycles. The number of carbonyl (C=O) groups is 1. The van der Waals surface area contributed by atoms with Crippen LogP contribution in [0.2, 0.25) is 0 Å². The fourth-order valence-electron chi connectivity index (χ4n) is 8.96. The van der Waals surface area contributed by atoms with Crippen LogP contribution in [0.15, 0.2) is 24.3 Å². The zero-order valence-corrected chi connectivity index (χ0v) is 23.6. The van der Waals surface area contributed by atoms with Crippen molar-refractivity contribution in [1.29, 1.82) is 0 Å². The van der Waals surface area contributed by atoms with E-state index < -0.39 is 18.3 Å². The van der Waals surface area contributed by atoms with Crippen molar-refractivity contribution in [3.05, 3.63) is 35.5 Å². The Labute approximate surface area is 238 Å². The third kappa shape index (κ3) is 4.64. The lowest BCUT2D eigenvalue weighted by atomic mass is 9.52. The van der Waals surface area contributed by atoms with Crippen molar-refractivity contribution in [3.8, 4) is 11.5 Å². The highest BCUT2D eigenvalue weighted by Crippen LogP contribution is 2.58. The van der Waals surface area contributed by atoms with Crippen molar-refractivity contribution in [2.45, 2.75) is 68.7 Å². The number of ether oxygens (including phenoxy) is 2. The quantitative estimate of drug-likeness (QED) is 0.525. The van der Waals surface area contributed by atoms with Crippen LogP contribution < -0.4 is 14.8 Å². The van der Waals surface area contributed by atoms with E-state index in [4.69, 9.17) is 9.47 Å². The van der Waals surface area contributed by atoms with Crippen LogP contribution in [0.4, 0.5) is 19.0 Å². The Bertz CT molecular complexity index is 1280. The summed E-state index contributed by atoms with van der Waals surface area (Å²) in [6.07, 6.45) is 3.24. The van der Waals surface area contributed by atoms with Crippen LogP contribution in [0.25, 0.3) is 0 Å². The Morgan fingerprint density at radius 3 is 2.15 bits per heavy atom. The van der Waals surface area contributed by atoms with Gasteiger partial charge in [-0.25, -0.2) is 4.68 Å². The number of halogens is 3. The maximum Gasteiger partial charge on any atom is 0.410 e. The second-order valence-corrected chi connectivity index (χ2v) is 12.9. The molecule has 2 atom stereocenters. The Balaban J connectivity index is 1.08. The number of alkyl halides is 3. The van der Waals surface area contributed by atoms with Crippen molar-refractivity contribution < 1.29 is 27.4 Å². The second-order valence-electron chi connectivity index (χ2n) is 12.9. The fourth-order valence-corrected chi connectivity index (χ4v) is 8.96. The van der Waals surface area contributed by atoms with Gasteiger partial charge in [0.05, 0.1) is 20.3 Å². The Hall–Kier alpha value is -2.95. The van der Waals surface area contributed by atoms with E-state index in [-0.39, 0.29) is 23.8 Å². The molecule has 0 unspecified atom stereocenters. The average molecular weight is 574 g/mol. The minimum atomic E-state index is -4.53. The van der Waals surface area contributed by atoms with Gasteiger partial charge in [-0.2, -0.15) is 18.3 Å². The molecule has 1 aromatic carbocycles. The highest BCUT2D eigenvalue weighted by molar-refractivity contribution is 5.93. The van der Waals surface area contributed by atoms with Crippen molar-refractivity contribution in [2.75, 3.05) is 45.7 Å². The predicted octanol–water partition coefficient (Wildman–Crippen LogP) is 5.29. The van der Waals surface area contributed by atoms with Gasteiger partial charge >= 0.3 is 6.18 Å². The lowest BCUT2D eigenvalue weighted by molar-refractivity contribution is -0.173. The third-order valence-electron chi connectivity index (χ3n) is 10.5. The van der Waals surface area contributed by atoms with E-state index in [2.05, 4.69) is 15.3 Å². The van der Waals surface area contributed by atoms with Crippen LogP contribution >= 0.6 is 0 Å². The summed E-state index contributed by atoms with van der Waals surface area (Å²) in [5, 5.41) is 7.41. The van der Waals surface area contributed by atoms with Crippen LogP contribution in [0, 0.1) is 17.8 Å². The van der Waals surface area contributed by atoms with E-state index in [0.717, 1.165) is 35.5 Å². The molecule has 0 radical (unpaired) electrons. The number of piperazine rings is 1. The molecule has 3 heterocycles. The monoisotopic (exact) mass is 573 g/mol. The maximum atomic E-state index is 14.3. The van der Waals surface area contributed by atoms with Crippen LogP contribution in [0.1, 0.15) is 73.1 Å². The molecule has 4 aliphatic carbocycles. The van der Waals surface area contributed by atoms with Crippen molar-refractivity contribution in [2.24, 2.45) is 17.8 Å². The molecular weight excluding hydrogens is 535 g/mol. The summed E-state index contributed by atoms with van der Waals surface area (Å²) in [6.45, 7) is 2.78. The van der Waals surface area contributed by atoms with E-state index in [0.29, 0.717) is 35.7 Å². The van der Waals surface area contributed by atoms with Gasteiger partial charge < -0.3 is 19.7 Å². The summed E-state index contributed by atoms with van der Waals surface area (Å²) in [5.41, 5.74) is 0.983. The third-order valence-corrected chi connectivity index (χ3v) is 10.5. The number of nitrogens with zero attached hydrogens (tertiary/aromatic N) is 4. The number of hydrogen-bond donors (Lipinski definition) is 1. The molecule has 222 valence electrons. The van der Waals surface area contributed by atoms with E-state index in [1.165, 1.54) is 58.8 Å². The number of hydrogen-bond acceptors (Lipinski definition) is 6. The molecule has 1 amide bonds. The number of fused-ring (bicyclic) bond motifs is 1. The predicted molar refractivity (Wildman–Crippen MR) is 146 cm³/mol. The standard InChI is InChI=1S/C30H38F3N5O3/c1-40-24-4-3-21(12-25(24)41-2)22-13-26(30(31,32)33)38-27(34-22)14-23(35-38)28(39)36-5-7-37(8-6-36)29-15-18-9-19(16-29)11-20(10-18)17-29/h3-4,12,14,18-20,22,26,34H,5-11,13,15-17H2,1-2H3/t18?,19?,20?,22-,26-,29?/m1/s1. The van der Waals surface area contributed by atoms with Gasteiger partial charge in [-0.3, -0.25) is 9.69 Å². The second kappa shape index (κ2) is 9.81. The lowest BCUT2D eigenvalue weighted by Gasteiger charge is -2.61. The molecule has 8 nitrogen and oxygen atoms in total. The summed E-state index contributed by atoms with van der Waals surface area (Å²) in [7, 11) is 3.00. The van der Waals surface area contributed by atoms with Crippen LogP contribution in [-0.2, 0) is 0 Å². The molecule has 4 bridgehead atoms. The van der Waals surface area contributed by atoms with Crippen molar-refractivity contribution >= 4 is 11.7 Å². The first-order chi connectivity index (χ1) is 19.7. The number of anilines is 1. The fraction of sp³-hybridized carbons (Fsp3) is 0.667.